The zero-order valence-electron chi connectivity index (χ0n) is 26.1. The number of benzene rings is 2. The summed E-state index contributed by atoms with van der Waals surface area (Å²) in [5.41, 5.74) is 2.08. The van der Waals surface area contributed by atoms with Crippen molar-refractivity contribution in [2.24, 2.45) is 0 Å². The molecule has 0 amide bonds. The highest BCUT2D eigenvalue weighted by atomic mass is 32.2. The van der Waals surface area contributed by atoms with E-state index in [0.29, 0.717) is 35.0 Å². The number of rotatable bonds is 11. The summed E-state index contributed by atoms with van der Waals surface area (Å²) in [7, 11) is -1.45. The zero-order valence-corrected chi connectivity index (χ0v) is 27.0. The number of nitrogens with zero attached hydrogens (tertiary/aromatic N) is 5. The highest BCUT2D eigenvalue weighted by molar-refractivity contribution is 7.92. The van der Waals surface area contributed by atoms with Gasteiger partial charge in [-0.2, -0.15) is 5.10 Å². The maximum Gasteiger partial charge on any atom is 0.268 e. The van der Waals surface area contributed by atoms with Crippen LogP contribution in [-0.2, 0) is 21.3 Å². The molecule has 6 rings (SSSR count). The molecule has 0 N–H and O–H groups in total. The summed E-state index contributed by atoms with van der Waals surface area (Å²) in [4.78, 5) is 7.61. The van der Waals surface area contributed by atoms with Gasteiger partial charge in [-0.05, 0) is 75.3 Å². The van der Waals surface area contributed by atoms with E-state index in [-0.39, 0.29) is 30.6 Å². The Morgan fingerprint density at radius 2 is 1.87 bits per heavy atom. The standard InChI is InChI=1S/C33H38FN5O6S/c1-22-17-31(46(40,41)38(32-13-14-35-21-36-32)20-23-10-11-24(42-2)18-30(23)43-3)26(34)19-29(22)45-28-8-6-7-25(28)27-12-15-37-39(27)33-9-4-5-16-44-33/h10-15,17-19,21,25,28,33H,4-9,16,20H2,1-3H3/t25-,28+,33?/m0/s1. The molecule has 46 heavy (non-hydrogen) atoms. The van der Waals surface area contributed by atoms with Crippen molar-refractivity contribution in [3.8, 4) is 17.2 Å². The fraction of sp³-hybridized carbons (Fsp3) is 0.424. The van der Waals surface area contributed by atoms with Crippen LogP contribution < -0.4 is 18.5 Å². The largest absolute Gasteiger partial charge is 0.497 e. The average molecular weight is 652 g/mol. The molecule has 1 aliphatic carbocycles. The summed E-state index contributed by atoms with van der Waals surface area (Å²) in [6.45, 7) is 2.26. The lowest BCUT2D eigenvalue weighted by Gasteiger charge is -2.28. The molecular formula is C33H38FN5O6S. The third-order valence-corrected chi connectivity index (χ3v) is 10.4. The molecular weight excluding hydrogens is 613 g/mol. The van der Waals surface area contributed by atoms with Crippen molar-refractivity contribution in [3.63, 3.8) is 0 Å². The molecule has 11 nitrogen and oxygen atoms in total. The van der Waals surface area contributed by atoms with E-state index in [9.17, 15) is 8.42 Å². The fourth-order valence-corrected chi connectivity index (χ4v) is 7.81. The molecule has 1 aliphatic heterocycles. The summed E-state index contributed by atoms with van der Waals surface area (Å²) < 4.78 is 70.5. The molecule has 4 aromatic rings. The molecule has 1 saturated carbocycles. The number of hydrogen-bond acceptors (Lipinski definition) is 9. The second kappa shape index (κ2) is 13.6. The lowest BCUT2D eigenvalue weighted by atomic mass is 10.0. The fourth-order valence-electron chi connectivity index (χ4n) is 6.28. The number of sulfonamides is 1. The van der Waals surface area contributed by atoms with Gasteiger partial charge in [0.2, 0.25) is 0 Å². The Kier molecular flexibility index (Phi) is 9.41. The number of halogens is 1. The van der Waals surface area contributed by atoms with E-state index in [1.807, 2.05) is 10.7 Å². The van der Waals surface area contributed by atoms with Crippen molar-refractivity contribution in [1.29, 1.82) is 0 Å². The van der Waals surface area contributed by atoms with Crippen LogP contribution in [-0.4, -0.2) is 55.1 Å². The first-order chi connectivity index (χ1) is 22.3. The van der Waals surface area contributed by atoms with E-state index in [1.54, 1.807) is 31.3 Å². The van der Waals surface area contributed by atoms with Gasteiger partial charge in [-0.15, -0.1) is 0 Å². The molecule has 244 valence electrons. The van der Waals surface area contributed by atoms with Crippen LogP contribution >= 0.6 is 0 Å². The van der Waals surface area contributed by atoms with E-state index < -0.39 is 20.7 Å². The number of aryl methyl sites for hydroxylation is 1. The highest BCUT2D eigenvalue weighted by Gasteiger charge is 2.36. The number of hydrogen-bond donors (Lipinski definition) is 0. The van der Waals surface area contributed by atoms with Gasteiger partial charge in [-0.1, -0.05) is 0 Å². The molecule has 3 heterocycles. The van der Waals surface area contributed by atoms with Gasteiger partial charge in [0, 0.05) is 54.4 Å². The Labute approximate surface area is 268 Å². The Bertz CT molecular complexity index is 1760. The van der Waals surface area contributed by atoms with Gasteiger partial charge in [0.15, 0.2) is 0 Å². The topological polar surface area (TPSA) is 118 Å². The van der Waals surface area contributed by atoms with Crippen molar-refractivity contribution in [3.05, 3.63) is 83.8 Å². The number of anilines is 1. The molecule has 0 radical (unpaired) electrons. The lowest BCUT2D eigenvalue weighted by Crippen LogP contribution is -2.32. The third kappa shape index (κ3) is 6.38. The van der Waals surface area contributed by atoms with E-state index in [4.69, 9.17) is 18.9 Å². The smallest absolute Gasteiger partial charge is 0.268 e. The van der Waals surface area contributed by atoms with E-state index >= 15 is 4.39 Å². The van der Waals surface area contributed by atoms with Crippen LogP contribution in [0.5, 0.6) is 17.2 Å². The van der Waals surface area contributed by atoms with Crippen LogP contribution in [0.15, 0.2) is 66.1 Å². The average Bonchev–Trinajstić information content (AvgIpc) is 3.75. The molecule has 2 aromatic heterocycles. The SMILES string of the molecule is COc1ccc(CN(c2ccncn2)S(=O)(=O)c2cc(C)c(O[C@@H]3CCC[C@H]3c3ccnn3C3CCCCO3)cc2F)c(OC)c1. The Morgan fingerprint density at radius 1 is 1.00 bits per heavy atom. The van der Waals surface area contributed by atoms with Crippen LogP contribution in [0, 0.1) is 12.7 Å². The Morgan fingerprint density at radius 3 is 2.61 bits per heavy atom. The van der Waals surface area contributed by atoms with Gasteiger partial charge in [0.1, 0.15) is 52.4 Å². The normalized spacial score (nSPS) is 20.0. The predicted octanol–water partition coefficient (Wildman–Crippen LogP) is 5.95. The van der Waals surface area contributed by atoms with Gasteiger partial charge in [-0.3, -0.25) is 0 Å². The van der Waals surface area contributed by atoms with Crippen molar-refractivity contribution >= 4 is 15.8 Å². The highest BCUT2D eigenvalue weighted by Crippen LogP contribution is 2.40. The molecule has 1 unspecified atom stereocenters. The van der Waals surface area contributed by atoms with Crippen molar-refractivity contribution in [2.45, 2.75) is 75.1 Å². The third-order valence-electron chi connectivity index (χ3n) is 8.67. The second-order valence-corrected chi connectivity index (χ2v) is 13.4. The summed E-state index contributed by atoms with van der Waals surface area (Å²) in [6, 6.07) is 11.0. The number of aromatic nitrogens is 4. The second-order valence-electron chi connectivity index (χ2n) is 11.5. The van der Waals surface area contributed by atoms with Gasteiger partial charge in [-0.25, -0.2) is 31.8 Å². The molecule has 13 heteroatoms. The zero-order chi connectivity index (χ0) is 32.3. The Hall–Kier alpha value is -4.23. The van der Waals surface area contributed by atoms with Crippen LogP contribution in [0.1, 0.15) is 67.5 Å². The quantitative estimate of drug-likeness (QED) is 0.194. The van der Waals surface area contributed by atoms with Crippen LogP contribution in [0.2, 0.25) is 0 Å². The van der Waals surface area contributed by atoms with E-state index in [1.165, 1.54) is 44.9 Å². The summed E-state index contributed by atoms with van der Waals surface area (Å²) in [5, 5.41) is 4.57. The molecule has 3 atom stereocenters. The minimum Gasteiger partial charge on any atom is -0.497 e. The van der Waals surface area contributed by atoms with Crippen molar-refractivity contribution < 1.29 is 31.8 Å². The minimum atomic E-state index is -4.45. The molecule has 0 spiro atoms. The maximum absolute atomic E-state index is 15.9. The van der Waals surface area contributed by atoms with Crippen molar-refractivity contribution in [1.82, 2.24) is 19.7 Å². The van der Waals surface area contributed by atoms with Gasteiger partial charge < -0.3 is 18.9 Å². The first kappa shape index (κ1) is 31.7. The summed E-state index contributed by atoms with van der Waals surface area (Å²) in [5.74, 6) is 0.474. The van der Waals surface area contributed by atoms with E-state index in [2.05, 4.69) is 15.1 Å². The van der Waals surface area contributed by atoms with Gasteiger partial charge >= 0.3 is 0 Å². The summed E-state index contributed by atoms with van der Waals surface area (Å²) in [6.07, 6.45) is 9.82. The molecule has 2 aromatic carbocycles. The lowest BCUT2D eigenvalue weighted by molar-refractivity contribution is -0.0423. The van der Waals surface area contributed by atoms with Crippen LogP contribution in [0.3, 0.4) is 0 Å². The molecule has 1 saturated heterocycles. The number of methoxy groups -OCH3 is 2. The first-order valence-corrected chi connectivity index (χ1v) is 16.9. The molecule has 0 bridgehead atoms. The minimum absolute atomic E-state index is 0.0478. The first-order valence-electron chi connectivity index (χ1n) is 15.4. The van der Waals surface area contributed by atoms with Gasteiger partial charge in [0.05, 0.1) is 20.8 Å². The Balaban J connectivity index is 1.29. The monoisotopic (exact) mass is 651 g/mol. The maximum atomic E-state index is 15.9. The molecule has 2 aliphatic rings. The van der Waals surface area contributed by atoms with Crippen LogP contribution in [0.25, 0.3) is 0 Å². The summed E-state index contributed by atoms with van der Waals surface area (Å²) >= 11 is 0. The van der Waals surface area contributed by atoms with Gasteiger partial charge in [0.25, 0.3) is 10.0 Å². The van der Waals surface area contributed by atoms with Crippen LogP contribution in [0.4, 0.5) is 10.2 Å². The number of ether oxygens (including phenoxy) is 4. The predicted molar refractivity (Wildman–Crippen MR) is 168 cm³/mol. The molecule has 2 fully saturated rings. The van der Waals surface area contributed by atoms with Crippen molar-refractivity contribution in [2.75, 3.05) is 25.1 Å². The van der Waals surface area contributed by atoms with E-state index in [0.717, 1.165) is 48.5 Å².